The maximum Gasteiger partial charge on any atom is 0.347 e. The summed E-state index contributed by atoms with van der Waals surface area (Å²) in [5.41, 5.74) is 1.11. The number of esters is 1. The molecule has 4 nitrogen and oxygen atoms in total. The van der Waals surface area contributed by atoms with Gasteiger partial charge in [-0.2, -0.15) is 0 Å². The quantitative estimate of drug-likeness (QED) is 0.680. The predicted octanol–water partition coefficient (Wildman–Crippen LogP) is 4.23. The lowest BCUT2D eigenvalue weighted by Crippen LogP contribution is -2.27. The highest BCUT2D eigenvalue weighted by Gasteiger charge is 2.16. The molecule has 0 amide bonds. The number of rotatable bonds is 8. The van der Waals surface area contributed by atoms with E-state index in [0.29, 0.717) is 24.9 Å². The zero-order valence-electron chi connectivity index (χ0n) is 14.4. The summed E-state index contributed by atoms with van der Waals surface area (Å²) in [6.07, 6.45) is -0.639. The lowest BCUT2D eigenvalue weighted by atomic mass is 10.2. The van der Waals surface area contributed by atoms with Gasteiger partial charge in [0.05, 0.1) is 6.61 Å². The minimum Gasteiger partial charge on any atom is -0.489 e. The third-order valence-electron chi connectivity index (χ3n) is 3.28. The average Bonchev–Trinajstić information content (AvgIpc) is 2.60. The van der Waals surface area contributed by atoms with Gasteiger partial charge in [0, 0.05) is 0 Å². The molecule has 0 saturated heterocycles. The maximum absolute atomic E-state index is 11.8. The zero-order chi connectivity index (χ0) is 17.4. The Balaban J connectivity index is 1.82. The van der Waals surface area contributed by atoms with Gasteiger partial charge in [0.15, 0.2) is 6.10 Å². The second-order valence-electron chi connectivity index (χ2n) is 6.03. The van der Waals surface area contributed by atoms with Crippen LogP contribution in [0.15, 0.2) is 54.6 Å². The molecule has 0 radical (unpaired) electrons. The van der Waals surface area contributed by atoms with Crippen LogP contribution in [0.25, 0.3) is 0 Å². The summed E-state index contributed by atoms with van der Waals surface area (Å²) in [6.45, 7) is 6.58. The SMILES string of the molecule is CC(C)COC(=O)C(C)Oc1ccc(OCc2ccccc2)cc1. The molecule has 0 fully saturated rings. The van der Waals surface area contributed by atoms with Crippen molar-refractivity contribution in [1.82, 2.24) is 0 Å². The fourth-order valence-electron chi connectivity index (χ4n) is 1.97. The first-order chi connectivity index (χ1) is 11.5. The summed E-state index contributed by atoms with van der Waals surface area (Å²) < 4.78 is 16.5. The Morgan fingerprint density at radius 3 is 2.17 bits per heavy atom. The van der Waals surface area contributed by atoms with E-state index in [0.717, 1.165) is 11.3 Å². The van der Waals surface area contributed by atoms with Gasteiger partial charge in [-0.05, 0) is 42.7 Å². The normalized spacial score (nSPS) is 11.8. The standard InChI is InChI=1S/C20H24O4/c1-15(2)13-23-20(21)16(3)24-19-11-9-18(10-12-19)22-14-17-7-5-4-6-8-17/h4-12,15-16H,13-14H2,1-3H3. The van der Waals surface area contributed by atoms with Crippen molar-refractivity contribution >= 4 is 5.97 Å². The van der Waals surface area contributed by atoms with E-state index in [-0.39, 0.29) is 5.97 Å². The van der Waals surface area contributed by atoms with E-state index in [1.807, 2.05) is 56.3 Å². The van der Waals surface area contributed by atoms with Gasteiger partial charge in [-0.3, -0.25) is 0 Å². The molecule has 0 spiro atoms. The van der Waals surface area contributed by atoms with E-state index >= 15 is 0 Å². The molecule has 2 aromatic carbocycles. The first-order valence-corrected chi connectivity index (χ1v) is 8.14. The molecule has 1 atom stereocenters. The number of benzene rings is 2. The number of carbonyl (C=O) groups is 1. The van der Waals surface area contributed by atoms with Crippen molar-refractivity contribution in [3.8, 4) is 11.5 Å². The average molecular weight is 328 g/mol. The van der Waals surface area contributed by atoms with Crippen LogP contribution in [-0.4, -0.2) is 18.7 Å². The largest absolute Gasteiger partial charge is 0.489 e. The number of carbonyl (C=O) groups excluding carboxylic acids is 1. The van der Waals surface area contributed by atoms with Gasteiger partial charge in [0.1, 0.15) is 18.1 Å². The lowest BCUT2D eigenvalue weighted by Gasteiger charge is -2.15. The summed E-state index contributed by atoms with van der Waals surface area (Å²) in [5, 5.41) is 0. The Kier molecular flexibility index (Phi) is 6.67. The van der Waals surface area contributed by atoms with Crippen molar-refractivity contribution in [2.24, 2.45) is 5.92 Å². The maximum atomic E-state index is 11.8. The van der Waals surface area contributed by atoms with Crippen LogP contribution < -0.4 is 9.47 Å². The van der Waals surface area contributed by atoms with Crippen LogP contribution in [0.4, 0.5) is 0 Å². The Morgan fingerprint density at radius 2 is 1.54 bits per heavy atom. The summed E-state index contributed by atoms with van der Waals surface area (Å²) in [6, 6.07) is 17.2. The van der Waals surface area contributed by atoms with Crippen molar-refractivity contribution in [2.45, 2.75) is 33.5 Å². The minimum absolute atomic E-state index is 0.308. The van der Waals surface area contributed by atoms with E-state index in [4.69, 9.17) is 14.2 Å². The molecule has 2 aromatic rings. The van der Waals surface area contributed by atoms with Gasteiger partial charge in [0.2, 0.25) is 0 Å². The monoisotopic (exact) mass is 328 g/mol. The lowest BCUT2D eigenvalue weighted by molar-refractivity contribution is -0.152. The molecular weight excluding hydrogens is 304 g/mol. The van der Waals surface area contributed by atoms with Gasteiger partial charge in [-0.1, -0.05) is 44.2 Å². The molecule has 0 bridgehead atoms. The highest BCUT2D eigenvalue weighted by Crippen LogP contribution is 2.20. The highest BCUT2D eigenvalue weighted by atomic mass is 16.6. The fourth-order valence-corrected chi connectivity index (χ4v) is 1.97. The van der Waals surface area contributed by atoms with Crippen molar-refractivity contribution in [2.75, 3.05) is 6.61 Å². The Bertz CT molecular complexity index is 620. The third-order valence-corrected chi connectivity index (χ3v) is 3.28. The molecule has 0 N–H and O–H groups in total. The van der Waals surface area contributed by atoms with Gasteiger partial charge in [-0.25, -0.2) is 4.79 Å². The van der Waals surface area contributed by atoms with Crippen molar-refractivity contribution in [3.63, 3.8) is 0 Å². The Hall–Kier alpha value is -2.49. The van der Waals surface area contributed by atoms with E-state index in [1.165, 1.54) is 0 Å². The van der Waals surface area contributed by atoms with E-state index in [2.05, 4.69) is 0 Å². The fraction of sp³-hybridized carbons (Fsp3) is 0.350. The summed E-state index contributed by atoms with van der Waals surface area (Å²) in [4.78, 5) is 11.8. The first-order valence-electron chi connectivity index (χ1n) is 8.14. The van der Waals surface area contributed by atoms with Crippen LogP contribution in [0.2, 0.25) is 0 Å². The van der Waals surface area contributed by atoms with Crippen molar-refractivity contribution in [1.29, 1.82) is 0 Å². The first kappa shape index (κ1) is 17.9. The number of hydrogen-bond donors (Lipinski definition) is 0. The molecule has 0 saturated carbocycles. The van der Waals surface area contributed by atoms with Crippen LogP contribution in [-0.2, 0) is 16.1 Å². The second-order valence-corrected chi connectivity index (χ2v) is 6.03. The van der Waals surface area contributed by atoms with Gasteiger partial charge >= 0.3 is 5.97 Å². The Labute approximate surface area is 143 Å². The summed E-state index contributed by atoms with van der Waals surface area (Å²) >= 11 is 0. The predicted molar refractivity (Wildman–Crippen MR) is 93.1 cm³/mol. The minimum atomic E-state index is -0.639. The van der Waals surface area contributed by atoms with Crippen molar-refractivity contribution < 1.29 is 19.0 Å². The third kappa shape index (κ3) is 5.95. The second kappa shape index (κ2) is 8.96. The molecule has 0 aliphatic rings. The topological polar surface area (TPSA) is 44.8 Å². The van der Waals surface area contributed by atoms with Gasteiger partial charge in [0.25, 0.3) is 0 Å². The van der Waals surface area contributed by atoms with Crippen LogP contribution in [0, 0.1) is 5.92 Å². The zero-order valence-corrected chi connectivity index (χ0v) is 14.4. The molecule has 0 aromatic heterocycles. The summed E-state index contributed by atoms with van der Waals surface area (Å²) in [5.74, 6) is 1.31. The van der Waals surface area contributed by atoms with Crippen LogP contribution in [0.3, 0.4) is 0 Å². The smallest absolute Gasteiger partial charge is 0.347 e. The van der Waals surface area contributed by atoms with Crippen LogP contribution in [0.5, 0.6) is 11.5 Å². The molecule has 1 unspecified atom stereocenters. The number of ether oxygens (including phenoxy) is 3. The van der Waals surface area contributed by atoms with Crippen LogP contribution >= 0.6 is 0 Å². The van der Waals surface area contributed by atoms with E-state index in [9.17, 15) is 4.79 Å². The van der Waals surface area contributed by atoms with Gasteiger partial charge in [-0.15, -0.1) is 0 Å². The van der Waals surface area contributed by atoms with E-state index < -0.39 is 6.10 Å². The summed E-state index contributed by atoms with van der Waals surface area (Å²) in [7, 11) is 0. The van der Waals surface area contributed by atoms with E-state index in [1.54, 1.807) is 19.1 Å². The molecule has 0 heterocycles. The molecular formula is C20H24O4. The highest BCUT2D eigenvalue weighted by molar-refractivity contribution is 5.74. The van der Waals surface area contributed by atoms with Crippen LogP contribution in [0.1, 0.15) is 26.3 Å². The molecule has 128 valence electrons. The number of hydrogen-bond acceptors (Lipinski definition) is 4. The molecule has 24 heavy (non-hydrogen) atoms. The molecule has 2 rings (SSSR count). The van der Waals surface area contributed by atoms with Gasteiger partial charge < -0.3 is 14.2 Å². The molecule has 4 heteroatoms. The molecule has 0 aliphatic heterocycles. The Morgan fingerprint density at radius 1 is 0.917 bits per heavy atom. The molecule has 0 aliphatic carbocycles. The van der Waals surface area contributed by atoms with Crippen molar-refractivity contribution in [3.05, 3.63) is 60.2 Å².